The van der Waals surface area contributed by atoms with Crippen LogP contribution >= 0.6 is 0 Å². The number of aromatic nitrogens is 4. The second-order valence-corrected chi connectivity index (χ2v) is 11.2. The lowest BCUT2D eigenvalue weighted by Gasteiger charge is -2.09. The first kappa shape index (κ1) is 24.6. The molecule has 9 rings (SSSR count). The van der Waals surface area contributed by atoms with Gasteiger partial charge in [-0.25, -0.2) is 15.0 Å². The van der Waals surface area contributed by atoms with Gasteiger partial charge in [0.05, 0.1) is 39.1 Å². The summed E-state index contributed by atoms with van der Waals surface area (Å²) in [6.45, 7) is 0. The fourth-order valence-corrected chi connectivity index (χ4v) is 6.11. The third kappa shape index (κ3) is 4.16. The van der Waals surface area contributed by atoms with Gasteiger partial charge in [-0.15, -0.1) is 0 Å². The van der Waals surface area contributed by atoms with Crippen LogP contribution in [-0.4, -0.2) is 19.9 Å². The zero-order chi connectivity index (χ0) is 29.0. The summed E-state index contributed by atoms with van der Waals surface area (Å²) >= 11 is 0. The minimum Gasteiger partial charge on any atom is -0.254 e. The molecule has 0 fully saturated rings. The number of rotatable bonds is 3. The molecule has 204 valence electrons. The number of pyridine rings is 4. The largest absolute Gasteiger partial charge is 0.254 e. The van der Waals surface area contributed by atoms with Gasteiger partial charge < -0.3 is 0 Å². The van der Waals surface area contributed by atoms with Crippen molar-refractivity contribution in [2.24, 2.45) is 0 Å². The van der Waals surface area contributed by atoms with E-state index in [1.807, 2.05) is 24.4 Å². The Hall–Kier alpha value is -6.00. The summed E-state index contributed by atoms with van der Waals surface area (Å²) in [6, 6.07) is 48.6. The quantitative estimate of drug-likeness (QED) is 0.202. The lowest BCUT2D eigenvalue weighted by Crippen LogP contribution is -1.92. The van der Waals surface area contributed by atoms with Gasteiger partial charge in [0, 0.05) is 33.3 Å². The van der Waals surface area contributed by atoms with Gasteiger partial charge in [0.15, 0.2) is 0 Å². The summed E-state index contributed by atoms with van der Waals surface area (Å²) in [5, 5.41) is 6.79. The molecule has 9 aromatic rings. The predicted molar refractivity (Wildman–Crippen MR) is 181 cm³/mol. The Morgan fingerprint density at radius 1 is 0.318 bits per heavy atom. The van der Waals surface area contributed by atoms with Crippen molar-refractivity contribution in [1.82, 2.24) is 19.9 Å². The normalized spacial score (nSPS) is 11.6. The zero-order valence-corrected chi connectivity index (χ0v) is 23.6. The third-order valence-electron chi connectivity index (χ3n) is 8.46. The Morgan fingerprint density at radius 3 is 1.61 bits per heavy atom. The van der Waals surface area contributed by atoms with Crippen LogP contribution in [0.3, 0.4) is 0 Å². The van der Waals surface area contributed by atoms with E-state index in [2.05, 4.69) is 126 Å². The lowest BCUT2D eigenvalue weighted by atomic mass is 10.0. The highest BCUT2D eigenvalue weighted by Gasteiger charge is 2.10. The number of nitrogens with zero attached hydrogens (tertiary/aromatic N) is 4. The van der Waals surface area contributed by atoms with Crippen LogP contribution < -0.4 is 0 Å². The van der Waals surface area contributed by atoms with Crippen molar-refractivity contribution in [3.63, 3.8) is 0 Å². The molecular formula is C40H24N4. The van der Waals surface area contributed by atoms with Gasteiger partial charge in [0.2, 0.25) is 0 Å². The van der Waals surface area contributed by atoms with E-state index in [0.29, 0.717) is 0 Å². The van der Waals surface area contributed by atoms with Crippen LogP contribution in [0.15, 0.2) is 146 Å². The molecule has 0 radical (unpaired) electrons. The van der Waals surface area contributed by atoms with E-state index in [9.17, 15) is 0 Å². The zero-order valence-electron chi connectivity index (χ0n) is 23.6. The minimum absolute atomic E-state index is 0.832. The molecule has 4 heterocycles. The molecule has 0 aliphatic rings. The number of hydrogen-bond acceptors (Lipinski definition) is 4. The maximum Gasteiger partial charge on any atom is 0.0972 e. The van der Waals surface area contributed by atoms with Crippen molar-refractivity contribution in [1.29, 1.82) is 0 Å². The van der Waals surface area contributed by atoms with E-state index in [-0.39, 0.29) is 0 Å². The average molecular weight is 561 g/mol. The van der Waals surface area contributed by atoms with Gasteiger partial charge in [-0.05, 0) is 64.4 Å². The van der Waals surface area contributed by atoms with E-state index in [1.54, 1.807) is 0 Å². The number of benzene rings is 5. The van der Waals surface area contributed by atoms with Crippen LogP contribution in [0.1, 0.15) is 0 Å². The summed E-state index contributed by atoms with van der Waals surface area (Å²) in [7, 11) is 0. The topological polar surface area (TPSA) is 51.6 Å². The van der Waals surface area contributed by atoms with E-state index < -0.39 is 0 Å². The van der Waals surface area contributed by atoms with Gasteiger partial charge in [-0.2, -0.15) is 0 Å². The van der Waals surface area contributed by atoms with Gasteiger partial charge in [0.1, 0.15) is 0 Å². The Balaban J connectivity index is 1.11. The SMILES string of the molecule is c1ccc2cc(-c3ccc4ccc(-c5ccc6ccc(-c7ccc8ccc9cccnc9c8n7)nc6c5)cc4n3)ccc2c1. The second-order valence-electron chi connectivity index (χ2n) is 11.2. The van der Waals surface area contributed by atoms with Crippen LogP contribution in [0.25, 0.3) is 88.2 Å². The molecule has 0 saturated carbocycles. The first-order chi connectivity index (χ1) is 21.7. The molecule has 4 aromatic heterocycles. The summed E-state index contributed by atoms with van der Waals surface area (Å²) in [6.07, 6.45) is 1.82. The summed E-state index contributed by atoms with van der Waals surface area (Å²) < 4.78 is 0. The van der Waals surface area contributed by atoms with Crippen molar-refractivity contribution in [3.05, 3.63) is 146 Å². The molecular weight excluding hydrogens is 536 g/mol. The molecule has 0 saturated heterocycles. The number of fused-ring (bicyclic) bond motifs is 6. The van der Waals surface area contributed by atoms with Crippen molar-refractivity contribution in [2.45, 2.75) is 0 Å². The van der Waals surface area contributed by atoms with Gasteiger partial charge in [0.25, 0.3) is 0 Å². The average Bonchev–Trinajstić information content (AvgIpc) is 3.10. The summed E-state index contributed by atoms with van der Waals surface area (Å²) in [5.41, 5.74) is 9.66. The third-order valence-corrected chi connectivity index (χ3v) is 8.46. The molecule has 4 nitrogen and oxygen atoms in total. The highest BCUT2D eigenvalue weighted by Crippen LogP contribution is 2.31. The molecule has 0 bridgehead atoms. The van der Waals surface area contributed by atoms with Gasteiger partial charge in [-0.3, -0.25) is 4.98 Å². The van der Waals surface area contributed by atoms with Gasteiger partial charge >= 0.3 is 0 Å². The highest BCUT2D eigenvalue weighted by molar-refractivity contribution is 6.03. The molecule has 0 unspecified atom stereocenters. The van der Waals surface area contributed by atoms with E-state index in [0.717, 1.165) is 77.4 Å². The molecule has 0 spiro atoms. The molecule has 0 aliphatic heterocycles. The smallest absolute Gasteiger partial charge is 0.0972 e. The Bertz CT molecular complexity index is 2570. The van der Waals surface area contributed by atoms with Crippen LogP contribution in [0.5, 0.6) is 0 Å². The second kappa shape index (κ2) is 9.79. The van der Waals surface area contributed by atoms with Crippen LogP contribution in [0.4, 0.5) is 0 Å². The molecule has 0 aliphatic carbocycles. The first-order valence-corrected chi connectivity index (χ1v) is 14.7. The van der Waals surface area contributed by atoms with Crippen LogP contribution in [-0.2, 0) is 0 Å². The Labute approximate surface area is 253 Å². The van der Waals surface area contributed by atoms with E-state index >= 15 is 0 Å². The maximum absolute atomic E-state index is 5.07. The first-order valence-electron chi connectivity index (χ1n) is 14.7. The minimum atomic E-state index is 0.832. The maximum atomic E-state index is 5.07. The molecule has 5 aromatic carbocycles. The molecule has 0 N–H and O–H groups in total. The predicted octanol–water partition coefficient (Wildman–Crippen LogP) is 10.0. The Morgan fingerprint density at radius 2 is 0.841 bits per heavy atom. The van der Waals surface area contributed by atoms with Crippen LogP contribution in [0, 0.1) is 0 Å². The van der Waals surface area contributed by atoms with Crippen molar-refractivity contribution < 1.29 is 0 Å². The van der Waals surface area contributed by atoms with Crippen LogP contribution in [0.2, 0.25) is 0 Å². The molecule has 0 atom stereocenters. The molecule has 4 heteroatoms. The van der Waals surface area contributed by atoms with Crippen molar-refractivity contribution in [3.8, 4) is 33.8 Å². The lowest BCUT2D eigenvalue weighted by molar-refractivity contribution is 1.31. The summed E-state index contributed by atoms with van der Waals surface area (Å²) in [5.74, 6) is 0. The van der Waals surface area contributed by atoms with Crippen molar-refractivity contribution in [2.75, 3.05) is 0 Å². The fourth-order valence-electron chi connectivity index (χ4n) is 6.11. The monoisotopic (exact) mass is 560 g/mol. The van der Waals surface area contributed by atoms with Gasteiger partial charge in [-0.1, -0.05) is 97.1 Å². The Kier molecular flexibility index (Phi) is 5.47. The fraction of sp³-hybridized carbons (Fsp3) is 0. The molecule has 0 amide bonds. The van der Waals surface area contributed by atoms with E-state index in [4.69, 9.17) is 15.0 Å². The van der Waals surface area contributed by atoms with E-state index in [1.165, 1.54) is 10.8 Å². The molecule has 44 heavy (non-hydrogen) atoms. The standard InChI is InChI=1S/C40H24N4/c1-2-5-30-22-33(14-7-25(30)4-1)34-18-15-26-8-12-31(23-37(26)42-34)32-13-9-27-16-19-35(43-38(27)24-32)36-20-17-29-11-10-28-6-3-21-41-39(28)40(29)44-36/h1-24H. The summed E-state index contributed by atoms with van der Waals surface area (Å²) in [4.78, 5) is 19.8. The number of hydrogen-bond donors (Lipinski definition) is 0. The van der Waals surface area contributed by atoms with Crippen molar-refractivity contribution >= 4 is 54.4 Å². The highest BCUT2D eigenvalue weighted by atomic mass is 14.8.